The number of fused-ring (bicyclic) bond motifs is 1. The van der Waals surface area contributed by atoms with Crippen molar-refractivity contribution >= 4 is 50.7 Å². The molecular formula is C20H18BrN3OS. The molecule has 2 aromatic carbocycles. The quantitative estimate of drug-likeness (QED) is 0.359. The average molecular weight is 428 g/mol. The summed E-state index contributed by atoms with van der Waals surface area (Å²) in [5.74, 6) is 0.156. The van der Waals surface area contributed by atoms with Crippen LogP contribution in [-0.2, 0) is 4.79 Å². The maximum absolute atomic E-state index is 12.1. The first-order chi connectivity index (χ1) is 12.5. The monoisotopic (exact) mass is 427 g/mol. The molecule has 0 aliphatic heterocycles. The first kappa shape index (κ1) is 18.6. The molecular weight excluding hydrogens is 410 g/mol. The number of nitrogens with one attached hydrogen (secondary N) is 1. The van der Waals surface area contributed by atoms with Gasteiger partial charge in [0.25, 0.3) is 0 Å². The maximum atomic E-state index is 12.1. The molecule has 3 aromatic rings. The summed E-state index contributed by atoms with van der Waals surface area (Å²) in [4.78, 5) is 17.7. The number of amides is 1. The summed E-state index contributed by atoms with van der Waals surface area (Å²) in [6, 6.07) is 15.9. The molecule has 0 saturated carbocycles. The lowest BCUT2D eigenvalue weighted by Gasteiger charge is -2.08. The second kappa shape index (κ2) is 8.47. The van der Waals surface area contributed by atoms with Crippen molar-refractivity contribution in [1.82, 2.24) is 10.4 Å². The van der Waals surface area contributed by atoms with Gasteiger partial charge < -0.3 is 0 Å². The van der Waals surface area contributed by atoms with Crippen molar-refractivity contribution < 1.29 is 4.79 Å². The van der Waals surface area contributed by atoms with Crippen molar-refractivity contribution in [2.24, 2.45) is 5.10 Å². The van der Waals surface area contributed by atoms with E-state index in [2.05, 4.69) is 44.4 Å². The molecule has 1 aromatic heterocycles. The van der Waals surface area contributed by atoms with Crippen molar-refractivity contribution in [3.05, 3.63) is 69.8 Å². The van der Waals surface area contributed by atoms with Gasteiger partial charge in [-0.3, -0.25) is 9.78 Å². The van der Waals surface area contributed by atoms with Gasteiger partial charge in [-0.05, 0) is 49.7 Å². The molecule has 1 N–H and O–H groups in total. The third kappa shape index (κ3) is 4.93. The number of halogens is 1. The molecule has 0 radical (unpaired) electrons. The number of aromatic nitrogens is 1. The summed E-state index contributed by atoms with van der Waals surface area (Å²) in [6.07, 6.45) is 1.63. The molecule has 0 aliphatic carbocycles. The van der Waals surface area contributed by atoms with Gasteiger partial charge in [-0.25, -0.2) is 5.43 Å². The molecule has 1 amide bonds. The Bertz CT molecular complexity index is 971. The Morgan fingerprint density at radius 1 is 1.19 bits per heavy atom. The number of thioether (sulfide) groups is 1. The Morgan fingerprint density at radius 2 is 1.96 bits per heavy atom. The van der Waals surface area contributed by atoms with Gasteiger partial charge in [0.15, 0.2) is 0 Å². The Kier molecular flexibility index (Phi) is 6.06. The summed E-state index contributed by atoms with van der Waals surface area (Å²) in [5, 5.41) is 5.09. The number of rotatable bonds is 5. The lowest BCUT2D eigenvalue weighted by Crippen LogP contribution is -2.19. The van der Waals surface area contributed by atoms with E-state index in [0.29, 0.717) is 5.75 Å². The smallest absolute Gasteiger partial charge is 0.250 e. The number of carbonyl (C=O) groups is 1. The fourth-order valence-corrected chi connectivity index (χ4v) is 3.65. The van der Waals surface area contributed by atoms with Gasteiger partial charge in [-0.15, -0.1) is 11.8 Å². The second-order valence-electron chi connectivity index (χ2n) is 5.92. The third-order valence-corrected chi connectivity index (χ3v) is 5.27. The minimum Gasteiger partial charge on any atom is -0.272 e. The molecule has 6 heteroatoms. The molecule has 26 heavy (non-hydrogen) atoms. The Morgan fingerprint density at radius 3 is 2.73 bits per heavy atom. The van der Waals surface area contributed by atoms with E-state index in [-0.39, 0.29) is 5.91 Å². The SMILES string of the molecule is Cc1ccc2nc(C)cc(SCC(=O)N/N=C/c3ccc(Br)cc3)c2c1. The highest BCUT2D eigenvalue weighted by molar-refractivity contribution is 9.10. The lowest BCUT2D eigenvalue weighted by molar-refractivity contribution is -0.118. The lowest BCUT2D eigenvalue weighted by atomic mass is 10.1. The summed E-state index contributed by atoms with van der Waals surface area (Å²) >= 11 is 4.88. The number of benzene rings is 2. The maximum Gasteiger partial charge on any atom is 0.250 e. The van der Waals surface area contributed by atoms with E-state index >= 15 is 0 Å². The number of hydrazone groups is 1. The van der Waals surface area contributed by atoms with Gasteiger partial charge in [-0.1, -0.05) is 39.7 Å². The minimum atomic E-state index is -0.140. The van der Waals surface area contributed by atoms with Crippen molar-refractivity contribution in [1.29, 1.82) is 0 Å². The Balaban J connectivity index is 1.63. The van der Waals surface area contributed by atoms with Gasteiger partial charge >= 0.3 is 0 Å². The zero-order valence-electron chi connectivity index (χ0n) is 14.5. The van der Waals surface area contributed by atoms with Crippen LogP contribution in [0, 0.1) is 13.8 Å². The van der Waals surface area contributed by atoms with Crippen LogP contribution in [-0.4, -0.2) is 22.9 Å². The van der Waals surface area contributed by atoms with E-state index < -0.39 is 0 Å². The number of nitrogens with zero attached hydrogens (tertiary/aromatic N) is 2. The number of aryl methyl sites for hydroxylation is 2. The fraction of sp³-hybridized carbons (Fsp3) is 0.150. The first-order valence-corrected chi connectivity index (χ1v) is 9.87. The van der Waals surface area contributed by atoms with Crippen LogP contribution in [0.5, 0.6) is 0 Å². The highest BCUT2D eigenvalue weighted by Crippen LogP contribution is 2.28. The summed E-state index contributed by atoms with van der Waals surface area (Å²) < 4.78 is 1.00. The zero-order chi connectivity index (χ0) is 18.5. The van der Waals surface area contributed by atoms with Crippen LogP contribution in [0.25, 0.3) is 10.9 Å². The van der Waals surface area contributed by atoms with E-state index in [4.69, 9.17) is 0 Å². The van der Waals surface area contributed by atoms with E-state index in [1.165, 1.54) is 17.3 Å². The van der Waals surface area contributed by atoms with E-state index in [1.807, 2.05) is 49.4 Å². The molecule has 132 valence electrons. The van der Waals surface area contributed by atoms with Crippen molar-refractivity contribution in [3.8, 4) is 0 Å². The van der Waals surface area contributed by atoms with Gasteiger partial charge in [-0.2, -0.15) is 5.10 Å². The van der Waals surface area contributed by atoms with Crippen LogP contribution in [0.2, 0.25) is 0 Å². The van der Waals surface area contributed by atoms with Gasteiger partial charge in [0, 0.05) is 20.4 Å². The van der Waals surface area contributed by atoms with Gasteiger partial charge in [0.1, 0.15) is 0 Å². The largest absolute Gasteiger partial charge is 0.272 e. The van der Waals surface area contributed by atoms with Crippen molar-refractivity contribution in [2.75, 3.05) is 5.75 Å². The predicted octanol–water partition coefficient (Wildman–Crippen LogP) is 4.86. The summed E-state index contributed by atoms with van der Waals surface area (Å²) in [7, 11) is 0. The molecule has 0 spiro atoms. The number of carbonyl (C=O) groups excluding carboxylic acids is 1. The van der Waals surface area contributed by atoms with E-state index in [0.717, 1.165) is 31.5 Å². The van der Waals surface area contributed by atoms with Crippen molar-refractivity contribution in [2.45, 2.75) is 18.7 Å². The molecule has 0 unspecified atom stereocenters. The van der Waals surface area contributed by atoms with E-state index in [9.17, 15) is 4.79 Å². The molecule has 0 bridgehead atoms. The second-order valence-corrected chi connectivity index (χ2v) is 7.85. The Labute approximate surface area is 165 Å². The van der Waals surface area contributed by atoms with Crippen molar-refractivity contribution in [3.63, 3.8) is 0 Å². The predicted molar refractivity (Wildman–Crippen MR) is 112 cm³/mol. The molecule has 0 atom stereocenters. The average Bonchev–Trinajstić information content (AvgIpc) is 2.62. The van der Waals surface area contributed by atoms with Crippen LogP contribution in [0.15, 0.2) is 63.0 Å². The number of hydrogen-bond acceptors (Lipinski definition) is 4. The van der Waals surface area contributed by atoms with Crippen LogP contribution >= 0.6 is 27.7 Å². The molecule has 3 rings (SSSR count). The molecule has 0 aliphatic rings. The van der Waals surface area contributed by atoms with Crippen LogP contribution in [0.4, 0.5) is 0 Å². The Hall–Kier alpha value is -2.18. The van der Waals surface area contributed by atoms with Crippen LogP contribution < -0.4 is 5.43 Å². The van der Waals surface area contributed by atoms with E-state index in [1.54, 1.807) is 6.21 Å². The van der Waals surface area contributed by atoms with Gasteiger partial charge in [0.2, 0.25) is 5.91 Å². The van der Waals surface area contributed by atoms with Crippen LogP contribution in [0.3, 0.4) is 0 Å². The fourth-order valence-electron chi connectivity index (χ4n) is 2.46. The highest BCUT2D eigenvalue weighted by Gasteiger charge is 2.08. The molecule has 0 saturated heterocycles. The number of pyridine rings is 1. The van der Waals surface area contributed by atoms with Crippen LogP contribution in [0.1, 0.15) is 16.8 Å². The van der Waals surface area contributed by atoms with Gasteiger partial charge in [0.05, 0.1) is 17.5 Å². The summed E-state index contributed by atoms with van der Waals surface area (Å²) in [6.45, 7) is 4.02. The zero-order valence-corrected chi connectivity index (χ0v) is 16.9. The minimum absolute atomic E-state index is 0.140. The third-order valence-electron chi connectivity index (χ3n) is 3.69. The first-order valence-electron chi connectivity index (χ1n) is 8.09. The molecule has 1 heterocycles. The topological polar surface area (TPSA) is 54.4 Å². The normalized spacial score (nSPS) is 11.2. The summed E-state index contributed by atoms with van der Waals surface area (Å²) in [5.41, 5.74) is 6.56. The molecule has 4 nitrogen and oxygen atoms in total. The number of hydrogen-bond donors (Lipinski definition) is 1. The standard InChI is InChI=1S/C20H18BrN3OS/c1-13-3-8-18-17(9-13)19(10-14(2)23-18)26-12-20(25)24-22-11-15-4-6-16(21)7-5-15/h3-11H,12H2,1-2H3,(H,24,25)/b22-11+. The molecule has 0 fully saturated rings. The highest BCUT2D eigenvalue weighted by atomic mass is 79.9.